The van der Waals surface area contributed by atoms with Crippen LogP contribution in [0.5, 0.6) is 0 Å². The normalized spacial score (nSPS) is 11.3. The molecule has 0 aliphatic rings. The maximum atomic E-state index is 13.0. The van der Waals surface area contributed by atoms with Crippen molar-refractivity contribution in [1.29, 1.82) is 0 Å². The van der Waals surface area contributed by atoms with Crippen molar-refractivity contribution < 1.29 is 9.72 Å². The molecule has 4 rings (SSSR count). The summed E-state index contributed by atoms with van der Waals surface area (Å²) in [6.45, 7) is 1.67. The zero-order valence-electron chi connectivity index (χ0n) is 16.5. The van der Waals surface area contributed by atoms with Crippen molar-refractivity contribution >= 4 is 28.2 Å². The molecule has 152 valence electrons. The van der Waals surface area contributed by atoms with Crippen molar-refractivity contribution in [2.45, 2.75) is 6.92 Å². The molecule has 0 unspecified atom stereocenters. The molecule has 8 heteroatoms. The number of carbonyl (C=O) groups excluding carboxylic acids is 1. The average Bonchev–Trinajstić information content (AvgIpc) is 2.82. The van der Waals surface area contributed by atoms with Crippen LogP contribution < -0.4 is 5.43 Å². The van der Waals surface area contributed by atoms with E-state index >= 15 is 0 Å². The zero-order valence-corrected chi connectivity index (χ0v) is 16.5. The highest BCUT2D eigenvalue weighted by Crippen LogP contribution is 2.24. The molecule has 2 aromatic heterocycles. The van der Waals surface area contributed by atoms with Gasteiger partial charge in [-0.05, 0) is 31.2 Å². The molecule has 0 aliphatic heterocycles. The molecule has 8 nitrogen and oxygen atoms in total. The number of rotatable bonds is 5. The smallest absolute Gasteiger partial charge is 0.267 e. The van der Waals surface area contributed by atoms with Crippen LogP contribution in [0, 0.1) is 10.1 Å². The number of carbonyl (C=O) groups is 1. The Labute approximate surface area is 177 Å². The minimum absolute atomic E-state index is 0.0412. The van der Waals surface area contributed by atoms with Crippen LogP contribution in [0.3, 0.4) is 0 Å². The second-order valence-corrected chi connectivity index (χ2v) is 6.75. The first-order valence-electron chi connectivity index (χ1n) is 9.42. The fraction of sp³-hybridized carbons (Fsp3) is 0.0435. The third-order valence-electron chi connectivity index (χ3n) is 4.74. The van der Waals surface area contributed by atoms with Crippen LogP contribution in [-0.4, -0.2) is 26.5 Å². The van der Waals surface area contributed by atoms with E-state index in [-0.39, 0.29) is 5.69 Å². The van der Waals surface area contributed by atoms with E-state index in [2.05, 4.69) is 20.5 Å². The monoisotopic (exact) mass is 411 g/mol. The molecule has 2 heterocycles. The van der Waals surface area contributed by atoms with Gasteiger partial charge in [0.1, 0.15) is 0 Å². The Morgan fingerprint density at radius 1 is 1.03 bits per heavy atom. The second-order valence-electron chi connectivity index (χ2n) is 6.75. The summed E-state index contributed by atoms with van der Waals surface area (Å²) in [5.74, 6) is -0.404. The molecule has 31 heavy (non-hydrogen) atoms. The number of amides is 1. The summed E-state index contributed by atoms with van der Waals surface area (Å²) in [5, 5.41) is 15.8. The number of non-ortho nitro benzene ring substituents is 1. The number of hydrogen-bond acceptors (Lipinski definition) is 6. The first-order chi connectivity index (χ1) is 15.0. The van der Waals surface area contributed by atoms with Gasteiger partial charge in [0.25, 0.3) is 11.6 Å². The molecular formula is C23H17N5O3. The highest BCUT2D eigenvalue weighted by molar-refractivity contribution is 6.08. The number of nitrogens with one attached hydrogen (secondary N) is 1. The molecule has 0 radical (unpaired) electrons. The summed E-state index contributed by atoms with van der Waals surface area (Å²) in [6, 6.07) is 18.8. The summed E-state index contributed by atoms with van der Waals surface area (Å²) in [6.07, 6.45) is 3.33. The fourth-order valence-corrected chi connectivity index (χ4v) is 3.14. The Morgan fingerprint density at radius 2 is 1.81 bits per heavy atom. The Balaban J connectivity index is 1.68. The fourth-order valence-electron chi connectivity index (χ4n) is 3.14. The van der Waals surface area contributed by atoms with Gasteiger partial charge in [-0.3, -0.25) is 19.9 Å². The minimum atomic E-state index is -0.473. The summed E-state index contributed by atoms with van der Waals surface area (Å²) in [5.41, 5.74) is 6.10. The lowest BCUT2D eigenvalue weighted by atomic mass is 10.0. The van der Waals surface area contributed by atoms with E-state index in [0.29, 0.717) is 33.4 Å². The van der Waals surface area contributed by atoms with Crippen LogP contribution >= 0.6 is 0 Å². The quantitative estimate of drug-likeness (QED) is 0.298. The number of fused-ring (bicyclic) bond motifs is 1. The predicted molar refractivity (Wildman–Crippen MR) is 118 cm³/mol. The largest absolute Gasteiger partial charge is 0.272 e. The average molecular weight is 411 g/mol. The molecule has 4 aromatic rings. The number of pyridine rings is 2. The lowest BCUT2D eigenvalue weighted by Gasteiger charge is -2.09. The standard InChI is InChI=1S/C23H17N5O3/c1-15(17-5-4-6-18(13-17)28(30)31)26-27-23(29)20-14-22(16-9-11-24-12-10-16)25-21-8-3-2-7-19(20)21/h2-14H,1H3,(H,27,29)/b26-15-. The number of hydrazone groups is 1. The number of hydrogen-bond donors (Lipinski definition) is 1. The summed E-state index contributed by atoms with van der Waals surface area (Å²) in [7, 11) is 0. The Kier molecular flexibility index (Phi) is 5.44. The number of aromatic nitrogens is 2. The molecule has 0 saturated carbocycles. The number of nitro benzene ring substituents is 1. The molecule has 0 bridgehead atoms. The van der Waals surface area contributed by atoms with Crippen LogP contribution in [0.4, 0.5) is 5.69 Å². The van der Waals surface area contributed by atoms with Crippen molar-refractivity contribution in [2.75, 3.05) is 0 Å². The maximum absolute atomic E-state index is 13.0. The molecular weight excluding hydrogens is 394 g/mol. The van der Waals surface area contributed by atoms with E-state index in [1.165, 1.54) is 12.1 Å². The summed E-state index contributed by atoms with van der Waals surface area (Å²) in [4.78, 5) is 32.2. The van der Waals surface area contributed by atoms with E-state index in [0.717, 1.165) is 5.56 Å². The third kappa shape index (κ3) is 4.27. The van der Waals surface area contributed by atoms with Crippen molar-refractivity contribution in [3.05, 3.63) is 100 Å². The summed E-state index contributed by atoms with van der Waals surface area (Å²) >= 11 is 0. The van der Waals surface area contributed by atoms with Gasteiger partial charge in [0.15, 0.2) is 0 Å². The van der Waals surface area contributed by atoms with Crippen molar-refractivity contribution in [1.82, 2.24) is 15.4 Å². The van der Waals surface area contributed by atoms with Gasteiger partial charge in [-0.1, -0.05) is 30.3 Å². The SMILES string of the molecule is C/C(=N/NC(=O)c1cc(-c2ccncc2)nc2ccccc12)c1cccc([N+](=O)[O-])c1. The highest BCUT2D eigenvalue weighted by atomic mass is 16.6. The highest BCUT2D eigenvalue weighted by Gasteiger charge is 2.14. The van der Waals surface area contributed by atoms with E-state index < -0.39 is 10.8 Å². The third-order valence-corrected chi connectivity index (χ3v) is 4.74. The van der Waals surface area contributed by atoms with Crippen LogP contribution in [0.1, 0.15) is 22.8 Å². The van der Waals surface area contributed by atoms with Gasteiger partial charge in [0.2, 0.25) is 0 Å². The van der Waals surface area contributed by atoms with Crippen molar-refractivity contribution in [2.24, 2.45) is 5.10 Å². The molecule has 1 amide bonds. The number of benzene rings is 2. The van der Waals surface area contributed by atoms with E-state index in [1.54, 1.807) is 37.5 Å². The lowest BCUT2D eigenvalue weighted by Crippen LogP contribution is -2.20. The van der Waals surface area contributed by atoms with Gasteiger partial charge in [0.05, 0.1) is 27.4 Å². The molecule has 0 spiro atoms. The van der Waals surface area contributed by atoms with E-state index in [1.807, 2.05) is 36.4 Å². The van der Waals surface area contributed by atoms with E-state index in [4.69, 9.17) is 0 Å². The summed E-state index contributed by atoms with van der Waals surface area (Å²) < 4.78 is 0. The molecule has 0 atom stereocenters. The van der Waals surface area contributed by atoms with Gasteiger partial charge >= 0.3 is 0 Å². The minimum Gasteiger partial charge on any atom is -0.267 e. The van der Waals surface area contributed by atoms with Crippen molar-refractivity contribution in [3.63, 3.8) is 0 Å². The molecule has 0 fully saturated rings. The first kappa shape index (κ1) is 19.8. The van der Waals surface area contributed by atoms with Gasteiger partial charge in [-0.2, -0.15) is 5.10 Å². The van der Waals surface area contributed by atoms with Gasteiger partial charge < -0.3 is 0 Å². The maximum Gasteiger partial charge on any atom is 0.272 e. The molecule has 0 saturated heterocycles. The van der Waals surface area contributed by atoms with E-state index in [9.17, 15) is 14.9 Å². The van der Waals surface area contributed by atoms with Gasteiger partial charge in [0, 0.05) is 41.0 Å². The topological polar surface area (TPSA) is 110 Å². The predicted octanol–water partition coefficient (Wildman–Crippen LogP) is 4.36. The zero-order chi connectivity index (χ0) is 21.8. The number of para-hydroxylation sites is 1. The molecule has 1 N–H and O–H groups in total. The van der Waals surface area contributed by atoms with Crippen molar-refractivity contribution in [3.8, 4) is 11.3 Å². The van der Waals surface area contributed by atoms with Gasteiger partial charge in [-0.15, -0.1) is 0 Å². The molecule has 0 aliphatic carbocycles. The molecule has 2 aromatic carbocycles. The number of nitro groups is 1. The van der Waals surface area contributed by atoms with Gasteiger partial charge in [-0.25, -0.2) is 10.4 Å². The van der Waals surface area contributed by atoms with Crippen LogP contribution in [-0.2, 0) is 0 Å². The van der Waals surface area contributed by atoms with Crippen LogP contribution in [0.15, 0.2) is 84.2 Å². The Morgan fingerprint density at radius 3 is 2.58 bits per heavy atom. The Bertz CT molecular complexity index is 1320. The van der Waals surface area contributed by atoms with Crippen LogP contribution in [0.25, 0.3) is 22.2 Å². The second kappa shape index (κ2) is 8.50. The lowest BCUT2D eigenvalue weighted by molar-refractivity contribution is -0.384. The van der Waals surface area contributed by atoms with Crippen LogP contribution in [0.2, 0.25) is 0 Å². The number of nitrogens with zero attached hydrogens (tertiary/aromatic N) is 4. The Hall–Kier alpha value is -4.46. The first-order valence-corrected chi connectivity index (χ1v) is 9.42.